The standard InChI is InChI=1S/C12H18N2O2/c1-14(12(15)9-13)7-6-10-4-3-5-11(8-10)16-2/h3-5,8H,6-7,9,13H2,1-2H3. The lowest BCUT2D eigenvalue weighted by atomic mass is 10.1. The van der Waals surface area contributed by atoms with Gasteiger partial charge < -0.3 is 15.4 Å². The first-order chi connectivity index (χ1) is 7.67. The lowest BCUT2D eigenvalue weighted by molar-refractivity contribution is -0.128. The van der Waals surface area contributed by atoms with E-state index in [4.69, 9.17) is 10.5 Å². The third kappa shape index (κ3) is 3.55. The number of nitrogens with zero attached hydrogens (tertiary/aromatic N) is 1. The SMILES string of the molecule is COc1cccc(CCN(C)C(=O)CN)c1. The van der Waals surface area contributed by atoms with E-state index in [0.717, 1.165) is 17.7 Å². The van der Waals surface area contributed by atoms with Gasteiger partial charge in [-0.25, -0.2) is 0 Å². The summed E-state index contributed by atoms with van der Waals surface area (Å²) in [5.41, 5.74) is 6.43. The van der Waals surface area contributed by atoms with Gasteiger partial charge >= 0.3 is 0 Å². The van der Waals surface area contributed by atoms with Gasteiger partial charge in [0.25, 0.3) is 0 Å². The Morgan fingerprint density at radius 2 is 2.25 bits per heavy atom. The topological polar surface area (TPSA) is 55.6 Å². The number of ether oxygens (including phenoxy) is 1. The molecule has 0 heterocycles. The molecule has 0 saturated carbocycles. The van der Waals surface area contributed by atoms with Gasteiger partial charge in [-0.1, -0.05) is 12.1 Å². The molecular weight excluding hydrogens is 204 g/mol. The van der Waals surface area contributed by atoms with Gasteiger partial charge in [0.05, 0.1) is 13.7 Å². The van der Waals surface area contributed by atoms with Crippen molar-refractivity contribution >= 4 is 5.91 Å². The molecule has 0 aliphatic heterocycles. The summed E-state index contributed by atoms with van der Waals surface area (Å²) in [6, 6.07) is 7.83. The highest BCUT2D eigenvalue weighted by atomic mass is 16.5. The van der Waals surface area contributed by atoms with Crippen molar-refractivity contribution in [1.82, 2.24) is 4.90 Å². The minimum atomic E-state index is -0.0390. The zero-order valence-corrected chi connectivity index (χ0v) is 9.77. The Kier molecular flexibility index (Phi) is 4.79. The summed E-state index contributed by atoms with van der Waals surface area (Å²) < 4.78 is 5.13. The summed E-state index contributed by atoms with van der Waals surface area (Å²) in [7, 11) is 3.40. The molecule has 1 rings (SSSR count). The van der Waals surface area contributed by atoms with E-state index in [2.05, 4.69) is 0 Å². The van der Waals surface area contributed by atoms with Crippen LogP contribution in [0.5, 0.6) is 5.75 Å². The van der Waals surface area contributed by atoms with Crippen LogP contribution in [-0.2, 0) is 11.2 Å². The van der Waals surface area contributed by atoms with Crippen molar-refractivity contribution < 1.29 is 9.53 Å². The maximum atomic E-state index is 11.2. The minimum absolute atomic E-state index is 0.0390. The second-order valence-corrected chi connectivity index (χ2v) is 3.62. The van der Waals surface area contributed by atoms with E-state index < -0.39 is 0 Å². The number of carbonyl (C=O) groups is 1. The predicted octanol–water partition coefficient (Wildman–Crippen LogP) is 0.655. The molecule has 0 bridgehead atoms. The monoisotopic (exact) mass is 222 g/mol. The quantitative estimate of drug-likeness (QED) is 0.796. The average molecular weight is 222 g/mol. The van der Waals surface area contributed by atoms with Gasteiger partial charge in [0.2, 0.25) is 5.91 Å². The first kappa shape index (κ1) is 12.5. The number of nitrogens with two attached hydrogens (primary N) is 1. The van der Waals surface area contributed by atoms with Crippen LogP contribution >= 0.6 is 0 Å². The minimum Gasteiger partial charge on any atom is -0.497 e. The van der Waals surface area contributed by atoms with Crippen molar-refractivity contribution in [2.75, 3.05) is 27.2 Å². The maximum absolute atomic E-state index is 11.2. The largest absolute Gasteiger partial charge is 0.497 e. The van der Waals surface area contributed by atoms with Gasteiger partial charge in [0.1, 0.15) is 5.75 Å². The Morgan fingerprint density at radius 1 is 1.50 bits per heavy atom. The summed E-state index contributed by atoms with van der Waals surface area (Å²) in [5, 5.41) is 0. The lowest BCUT2D eigenvalue weighted by Gasteiger charge is -2.16. The molecule has 2 N–H and O–H groups in total. The number of hydrogen-bond donors (Lipinski definition) is 1. The van der Waals surface area contributed by atoms with Gasteiger partial charge in [-0.05, 0) is 24.1 Å². The van der Waals surface area contributed by atoms with Gasteiger partial charge in [0.15, 0.2) is 0 Å². The fraction of sp³-hybridized carbons (Fsp3) is 0.417. The normalized spacial score (nSPS) is 9.94. The van der Waals surface area contributed by atoms with Crippen LogP contribution in [0.25, 0.3) is 0 Å². The van der Waals surface area contributed by atoms with Gasteiger partial charge in [-0.15, -0.1) is 0 Å². The van der Waals surface area contributed by atoms with Crippen LogP contribution in [0.15, 0.2) is 24.3 Å². The molecule has 1 aromatic rings. The number of methoxy groups -OCH3 is 1. The van der Waals surface area contributed by atoms with E-state index in [-0.39, 0.29) is 12.5 Å². The number of rotatable bonds is 5. The van der Waals surface area contributed by atoms with Crippen molar-refractivity contribution in [2.24, 2.45) is 5.73 Å². The number of amides is 1. The number of hydrogen-bond acceptors (Lipinski definition) is 3. The van der Waals surface area contributed by atoms with E-state index in [1.54, 1.807) is 19.1 Å². The highest BCUT2D eigenvalue weighted by Gasteiger charge is 2.05. The maximum Gasteiger partial charge on any atom is 0.236 e. The molecule has 0 aliphatic rings. The molecule has 88 valence electrons. The Bertz CT molecular complexity index is 353. The molecule has 1 aromatic carbocycles. The third-order valence-corrected chi connectivity index (χ3v) is 2.47. The summed E-state index contributed by atoms with van der Waals surface area (Å²) >= 11 is 0. The predicted molar refractivity (Wildman–Crippen MR) is 63.4 cm³/mol. The molecule has 0 saturated heterocycles. The van der Waals surface area contributed by atoms with Crippen LogP contribution in [0.2, 0.25) is 0 Å². The van der Waals surface area contributed by atoms with Crippen molar-refractivity contribution in [1.29, 1.82) is 0 Å². The summed E-state index contributed by atoms with van der Waals surface area (Å²) in [5.74, 6) is 0.799. The molecular formula is C12H18N2O2. The number of benzene rings is 1. The van der Waals surface area contributed by atoms with Crippen LogP contribution in [0.3, 0.4) is 0 Å². The van der Waals surface area contributed by atoms with Crippen molar-refractivity contribution in [2.45, 2.75) is 6.42 Å². The Balaban J connectivity index is 2.51. The molecule has 0 atom stereocenters. The first-order valence-electron chi connectivity index (χ1n) is 5.24. The lowest BCUT2D eigenvalue weighted by Crippen LogP contribution is -2.34. The van der Waals surface area contributed by atoms with Gasteiger partial charge in [-0.2, -0.15) is 0 Å². The molecule has 4 nitrogen and oxygen atoms in total. The van der Waals surface area contributed by atoms with Crippen LogP contribution in [0, 0.1) is 0 Å². The van der Waals surface area contributed by atoms with Crippen LogP contribution in [0.1, 0.15) is 5.56 Å². The van der Waals surface area contributed by atoms with Crippen molar-refractivity contribution in [3.63, 3.8) is 0 Å². The van der Waals surface area contributed by atoms with Crippen molar-refractivity contribution in [3.05, 3.63) is 29.8 Å². The summed E-state index contributed by atoms with van der Waals surface area (Å²) in [6.07, 6.45) is 0.805. The highest BCUT2D eigenvalue weighted by molar-refractivity contribution is 5.77. The zero-order chi connectivity index (χ0) is 12.0. The fourth-order valence-corrected chi connectivity index (χ4v) is 1.41. The van der Waals surface area contributed by atoms with Crippen LogP contribution in [-0.4, -0.2) is 38.1 Å². The molecule has 0 aliphatic carbocycles. The molecule has 0 unspecified atom stereocenters. The first-order valence-corrected chi connectivity index (χ1v) is 5.24. The number of likely N-dealkylation sites (N-methyl/N-ethyl adjacent to an activating group) is 1. The van der Waals surface area contributed by atoms with E-state index >= 15 is 0 Å². The zero-order valence-electron chi connectivity index (χ0n) is 9.77. The molecule has 0 aromatic heterocycles. The Labute approximate surface area is 96.0 Å². The van der Waals surface area contributed by atoms with Gasteiger partial charge in [-0.3, -0.25) is 4.79 Å². The number of carbonyl (C=O) groups excluding carboxylic acids is 1. The molecule has 0 fully saturated rings. The third-order valence-electron chi connectivity index (χ3n) is 2.47. The van der Waals surface area contributed by atoms with E-state index in [1.807, 2.05) is 24.3 Å². The Morgan fingerprint density at radius 3 is 2.88 bits per heavy atom. The van der Waals surface area contributed by atoms with Crippen LogP contribution in [0.4, 0.5) is 0 Å². The Hall–Kier alpha value is -1.55. The summed E-state index contributed by atoms with van der Waals surface area (Å²) in [4.78, 5) is 12.9. The van der Waals surface area contributed by atoms with E-state index in [0.29, 0.717) is 6.54 Å². The van der Waals surface area contributed by atoms with E-state index in [9.17, 15) is 4.79 Å². The molecule has 1 amide bonds. The molecule has 0 spiro atoms. The van der Waals surface area contributed by atoms with Crippen molar-refractivity contribution in [3.8, 4) is 5.75 Å². The van der Waals surface area contributed by atoms with Crippen LogP contribution < -0.4 is 10.5 Å². The molecule has 16 heavy (non-hydrogen) atoms. The smallest absolute Gasteiger partial charge is 0.236 e. The van der Waals surface area contributed by atoms with E-state index in [1.165, 1.54) is 0 Å². The second-order valence-electron chi connectivity index (χ2n) is 3.62. The molecule has 0 radical (unpaired) electrons. The average Bonchev–Trinajstić information content (AvgIpc) is 2.35. The second kappa shape index (κ2) is 6.12. The fourth-order valence-electron chi connectivity index (χ4n) is 1.41. The summed E-state index contributed by atoms with van der Waals surface area (Å²) in [6.45, 7) is 0.734. The molecule has 4 heteroatoms. The highest BCUT2D eigenvalue weighted by Crippen LogP contribution is 2.12. The van der Waals surface area contributed by atoms with Gasteiger partial charge in [0, 0.05) is 13.6 Å².